The van der Waals surface area contributed by atoms with E-state index in [1.807, 2.05) is 13.8 Å². The number of likely N-dealkylation sites (N-methyl/N-ethyl adjacent to an activating group) is 1. The molecule has 8 nitrogen and oxygen atoms in total. The number of carboxylic acids is 1. The van der Waals surface area contributed by atoms with E-state index in [1.165, 1.54) is 4.90 Å². The van der Waals surface area contributed by atoms with Gasteiger partial charge in [-0.3, -0.25) is 19.2 Å². The van der Waals surface area contributed by atoms with Crippen molar-refractivity contribution in [2.75, 3.05) is 26.7 Å². The van der Waals surface area contributed by atoms with Crippen molar-refractivity contribution < 1.29 is 24.3 Å². The number of amides is 3. The summed E-state index contributed by atoms with van der Waals surface area (Å²) in [5.74, 6) is -1.63. The van der Waals surface area contributed by atoms with Crippen molar-refractivity contribution in [1.82, 2.24) is 15.1 Å². The van der Waals surface area contributed by atoms with E-state index in [4.69, 9.17) is 5.11 Å². The van der Waals surface area contributed by atoms with Crippen LogP contribution in [-0.4, -0.2) is 71.3 Å². The molecule has 0 aliphatic carbocycles. The van der Waals surface area contributed by atoms with Crippen molar-refractivity contribution in [3.8, 4) is 0 Å². The second-order valence-corrected chi connectivity index (χ2v) is 6.82. The SMILES string of the molecule is CC(C)NC(=O)CCCC(=O)N(C)CC(=O)N1CCC(C(=O)O)CC1. The van der Waals surface area contributed by atoms with Gasteiger partial charge >= 0.3 is 5.97 Å². The Hall–Kier alpha value is -2.12. The van der Waals surface area contributed by atoms with Crippen LogP contribution in [0.3, 0.4) is 0 Å². The van der Waals surface area contributed by atoms with Gasteiger partial charge in [-0.25, -0.2) is 0 Å². The smallest absolute Gasteiger partial charge is 0.306 e. The maximum atomic E-state index is 12.2. The standard InChI is InChI=1S/C17H29N3O5/c1-12(2)18-14(21)5-4-6-15(22)19(3)11-16(23)20-9-7-13(8-10-20)17(24)25/h12-13H,4-11H2,1-3H3,(H,18,21)(H,24,25). The number of rotatable bonds is 8. The Bertz CT molecular complexity index is 499. The van der Waals surface area contributed by atoms with E-state index in [0.717, 1.165) is 0 Å². The van der Waals surface area contributed by atoms with Crippen LogP contribution in [0, 0.1) is 5.92 Å². The van der Waals surface area contributed by atoms with E-state index in [0.29, 0.717) is 32.4 Å². The van der Waals surface area contributed by atoms with Gasteiger partial charge in [-0.05, 0) is 33.1 Å². The number of carbonyl (C=O) groups is 4. The minimum absolute atomic E-state index is 0.0191. The predicted octanol–water partition coefficient (Wildman–Crippen LogP) is 0.463. The summed E-state index contributed by atoms with van der Waals surface area (Å²) in [4.78, 5) is 49.7. The number of nitrogens with zero attached hydrogens (tertiary/aromatic N) is 2. The molecular weight excluding hydrogens is 326 g/mol. The number of carboxylic acid groups (broad SMARTS) is 1. The summed E-state index contributed by atoms with van der Waals surface area (Å²) in [6.07, 6.45) is 1.85. The monoisotopic (exact) mass is 355 g/mol. The molecule has 142 valence electrons. The van der Waals surface area contributed by atoms with Crippen molar-refractivity contribution in [3.05, 3.63) is 0 Å². The molecule has 0 bridgehead atoms. The van der Waals surface area contributed by atoms with Gasteiger partial charge < -0.3 is 20.2 Å². The summed E-state index contributed by atoms with van der Waals surface area (Å²) in [5, 5.41) is 11.7. The third kappa shape index (κ3) is 7.53. The Labute approximate surface area is 148 Å². The van der Waals surface area contributed by atoms with Crippen LogP contribution in [-0.2, 0) is 19.2 Å². The van der Waals surface area contributed by atoms with E-state index in [1.54, 1.807) is 11.9 Å². The van der Waals surface area contributed by atoms with Gasteiger partial charge in [-0.15, -0.1) is 0 Å². The molecular formula is C17H29N3O5. The maximum absolute atomic E-state index is 12.2. The minimum atomic E-state index is -0.819. The normalized spacial score (nSPS) is 15.1. The van der Waals surface area contributed by atoms with E-state index >= 15 is 0 Å². The van der Waals surface area contributed by atoms with E-state index in [9.17, 15) is 19.2 Å². The van der Waals surface area contributed by atoms with Crippen molar-refractivity contribution in [3.63, 3.8) is 0 Å². The molecule has 8 heteroatoms. The van der Waals surface area contributed by atoms with Crippen molar-refractivity contribution in [2.24, 2.45) is 5.92 Å². The van der Waals surface area contributed by atoms with E-state index in [2.05, 4.69) is 5.32 Å². The molecule has 2 N–H and O–H groups in total. The third-order valence-electron chi connectivity index (χ3n) is 4.24. The van der Waals surface area contributed by atoms with Gasteiger partial charge in [-0.1, -0.05) is 0 Å². The molecule has 3 amide bonds. The van der Waals surface area contributed by atoms with Crippen molar-refractivity contribution in [2.45, 2.75) is 52.0 Å². The van der Waals surface area contributed by atoms with Crippen LogP contribution in [0.25, 0.3) is 0 Å². The lowest BCUT2D eigenvalue weighted by atomic mass is 9.97. The first-order valence-corrected chi connectivity index (χ1v) is 8.74. The molecule has 1 saturated heterocycles. The lowest BCUT2D eigenvalue weighted by Crippen LogP contribution is -2.45. The Balaban J connectivity index is 2.29. The lowest BCUT2D eigenvalue weighted by molar-refractivity contribution is -0.146. The zero-order valence-electron chi connectivity index (χ0n) is 15.3. The number of carbonyl (C=O) groups excluding carboxylic acids is 3. The molecule has 1 aliphatic rings. The summed E-state index contributed by atoms with van der Waals surface area (Å²) in [7, 11) is 1.57. The van der Waals surface area contributed by atoms with Crippen LogP contribution >= 0.6 is 0 Å². The molecule has 0 saturated carbocycles. The largest absolute Gasteiger partial charge is 0.481 e. The van der Waals surface area contributed by atoms with E-state index < -0.39 is 5.97 Å². The topological polar surface area (TPSA) is 107 Å². The molecule has 0 atom stereocenters. The van der Waals surface area contributed by atoms with Gasteiger partial charge in [0.25, 0.3) is 0 Å². The highest BCUT2D eigenvalue weighted by atomic mass is 16.4. The molecule has 1 fully saturated rings. The summed E-state index contributed by atoms with van der Waals surface area (Å²) >= 11 is 0. The van der Waals surface area contributed by atoms with Crippen LogP contribution in [0.4, 0.5) is 0 Å². The molecule has 0 aromatic heterocycles. The zero-order chi connectivity index (χ0) is 19.0. The van der Waals surface area contributed by atoms with Crippen molar-refractivity contribution in [1.29, 1.82) is 0 Å². The first-order chi connectivity index (χ1) is 11.7. The third-order valence-corrected chi connectivity index (χ3v) is 4.24. The molecule has 25 heavy (non-hydrogen) atoms. The Morgan fingerprint density at radius 1 is 1.16 bits per heavy atom. The van der Waals surface area contributed by atoms with Crippen LogP contribution < -0.4 is 5.32 Å². The number of hydrogen-bond acceptors (Lipinski definition) is 4. The molecule has 1 aliphatic heterocycles. The molecule has 0 aromatic rings. The summed E-state index contributed by atoms with van der Waals surface area (Å²) in [6, 6.07) is 0.0776. The fourth-order valence-corrected chi connectivity index (χ4v) is 2.75. The van der Waals surface area contributed by atoms with Gasteiger partial charge in [0, 0.05) is 39.0 Å². The number of aliphatic carboxylic acids is 1. The fourth-order valence-electron chi connectivity index (χ4n) is 2.75. The highest BCUT2D eigenvalue weighted by Crippen LogP contribution is 2.17. The van der Waals surface area contributed by atoms with Crippen LogP contribution in [0.5, 0.6) is 0 Å². The lowest BCUT2D eigenvalue weighted by Gasteiger charge is -2.31. The average Bonchev–Trinajstić information content (AvgIpc) is 2.53. The minimum Gasteiger partial charge on any atom is -0.481 e. The molecule has 1 rings (SSSR count). The number of likely N-dealkylation sites (tertiary alicyclic amines) is 1. The Kier molecular flexibility index (Phi) is 8.37. The number of nitrogens with one attached hydrogen (secondary N) is 1. The first-order valence-electron chi connectivity index (χ1n) is 8.74. The van der Waals surface area contributed by atoms with Gasteiger partial charge in [-0.2, -0.15) is 0 Å². The first kappa shape index (κ1) is 20.9. The fraction of sp³-hybridized carbons (Fsp3) is 0.765. The number of piperidine rings is 1. The maximum Gasteiger partial charge on any atom is 0.306 e. The molecule has 0 radical (unpaired) electrons. The molecule has 0 aromatic carbocycles. The molecule has 1 heterocycles. The zero-order valence-corrected chi connectivity index (χ0v) is 15.3. The molecule has 0 spiro atoms. The van der Waals surface area contributed by atoms with Crippen molar-refractivity contribution >= 4 is 23.7 Å². The van der Waals surface area contributed by atoms with Gasteiger partial charge in [0.2, 0.25) is 17.7 Å². The van der Waals surface area contributed by atoms with Crippen LogP contribution in [0.2, 0.25) is 0 Å². The second kappa shape index (κ2) is 10.0. The second-order valence-electron chi connectivity index (χ2n) is 6.82. The van der Waals surface area contributed by atoms with Gasteiger partial charge in [0.1, 0.15) is 0 Å². The quantitative estimate of drug-likeness (QED) is 0.658. The van der Waals surface area contributed by atoms with Gasteiger partial charge in [0.05, 0.1) is 12.5 Å². The highest BCUT2D eigenvalue weighted by Gasteiger charge is 2.27. The Morgan fingerprint density at radius 3 is 2.28 bits per heavy atom. The highest BCUT2D eigenvalue weighted by molar-refractivity contribution is 5.85. The van der Waals surface area contributed by atoms with Gasteiger partial charge in [0.15, 0.2) is 0 Å². The predicted molar refractivity (Wildman–Crippen MR) is 91.7 cm³/mol. The van der Waals surface area contributed by atoms with Crippen LogP contribution in [0.15, 0.2) is 0 Å². The average molecular weight is 355 g/mol. The summed E-state index contributed by atoms with van der Waals surface area (Å²) in [5.41, 5.74) is 0. The summed E-state index contributed by atoms with van der Waals surface area (Å²) < 4.78 is 0. The Morgan fingerprint density at radius 2 is 1.76 bits per heavy atom. The van der Waals surface area contributed by atoms with E-state index in [-0.39, 0.29) is 49.1 Å². The summed E-state index contributed by atoms with van der Waals surface area (Å²) in [6.45, 7) is 4.55. The number of hydrogen-bond donors (Lipinski definition) is 2. The van der Waals surface area contributed by atoms with Crippen LogP contribution in [0.1, 0.15) is 46.0 Å². The molecule has 0 unspecified atom stereocenters.